The van der Waals surface area contributed by atoms with Crippen LogP contribution in [0.4, 0.5) is 11.4 Å². The van der Waals surface area contributed by atoms with Gasteiger partial charge in [0.25, 0.3) is 5.56 Å². The van der Waals surface area contributed by atoms with Crippen LogP contribution in [0.1, 0.15) is 23.6 Å². The summed E-state index contributed by atoms with van der Waals surface area (Å²) in [6, 6.07) is 5.86. The molecule has 1 aromatic carbocycles. The predicted molar refractivity (Wildman–Crippen MR) is 80.2 cm³/mol. The smallest absolute Gasteiger partial charge is 0.269 e. The Morgan fingerprint density at radius 3 is 2.95 bits per heavy atom. The lowest BCUT2D eigenvalue weighted by molar-refractivity contribution is -0.114. The van der Waals surface area contributed by atoms with Crippen molar-refractivity contribution in [3.05, 3.63) is 51.4 Å². The number of aromatic nitrogens is 2. The van der Waals surface area contributed by atoms with E-state index in [1.807, 2.05) is 18.2 Å². The number of hydrogen-bond donors (Lipinski definition) is 2. The fourth-order valence-corrected chi connectivity index (χ4v) is 2.67. The predicted octanol–water partition coefficient (Wildman–Crippen LogP) is 1.56. The molecule has 2 heterocycles. The molecule has 108 valence electrons. The van der Waals surface area contributed by atoms with E-state index in [0.29, 0.717) is 18.7 Å². The highest BCUT2D eigenvalue weighted by molar-refractivity contribution is 5.90. The molecule has 0 bridgehead atoms. The lowest BCUT2D eigenvalue weighted by Crippen LogP contribution is -2.21. The number of nitrogens with zero attached hydrogens (tertiary/aromatic N) is 2. The molecule has 2 aromatic rings. The van der Waals surface area contributed by atoms with Crippen molar-refractivity contribution in [3.63, 3.8) is 0 Å². The number of anilines is 2. The first-order valence-corrected chi connectivity index (χ1v) is 6.74. The van der Waals surface area contributed by atoms with E-state index in [0.717, 1.165) is 22.5 Å². The first kappa shape index (κ1) is 13.4. The highest BCUT2D eigenvalue weighted by Gasteiger charge is 2.24. The fraction of sp³-hybridized carbons (Fsp3) is 0.267. The van der Waals surface area contributed by atoms with Gasteiger partial charge in [-0.05, 0) is 24.1 Å². The van der Waals surface area contributed by atoms with Crippen LogP contribution in [0.25, 0.3) is 0 Å². The zero-order chi connectivity index (χ0) is 15.0. The normalized spacial score (nSPS) is 13.1. The maximum atomic E-state index is 11.7. The molecule has 6 heteroatoms. The molecule has 1 aliphatic rings. The highest BCUT2D eigenvalue weighted by Crippen LogP contribution is 2.33. The standard InChI is InChI=1S/C15H16N4O2/c1-9-14(6-16-18-15(9)21)19-7-11-4-3-5-13(12(11)8-19)17-10(2)20/h3-6H,7-8H2,1-2H3,(H,17,20)(H,18,21). The number of rotatable bonds is 2. The van der Waals surface area contributed by atoms with Gasteiger partial charge in [0.2, 0.25) is 5.91 Å². The summed E-state index contributed by atoms with van der Waals surface area (Å²) >= 11 is 0. The molecule has 0 spiro atoms. The van der Waals surface area contributed by atoms with E-state index in [4.69, 9.17) is 0 Å². The Morgan fingerprint density at radius 1 is 1.38 bits per heavy atom. The van der Waals surface area contributed by atoms with Gasteiger partial charge in [-0.15, -0.1) is 0 Å². The maximum absolute atomic E-state index is 11.7. The van der Waals surface area contributed by atoms with Crippen molar-refractivity contribution in [1.82, 2.24) is 10.2 Å². The van der Waals surface area contributed by atoms with Crippen LogP contribution in [-0.4, -0.2) is 16.1 Å². The Kier molecular flexibility index (Phi) is 3.21. The Hall–Kier alpha value is -2.63. The highest BCUT2D eigenvalue weighted by atomic mass is 16.1. The third-order valence-electron chi connectivity index (χ3n) is 3.71. The van der Waals surface area contributed by atoms with E-state index in [1.54, 1.807) is 13.1 Å². The molecule has 6 nitrogen and oxygen atoms in total. The minimum atomic E-state index is -0.175. The average Bonchev–Trinajstić information content (AvgIpc) is 2.86. The van der Waals surface area contributed by atoms with Crippen molar-refractivity contribution in [2.24, 2.45) is 0 Å². The summed E-state index contributed by atoms with van der Waals surface area (Å²) in [4.78, 5) is 25.1. The van der Waals surface area contributed by atoms with Gasteiger partial charge in [0.05, 0.1) is 11.9 Å². The van der Waals surface area contributed by atoms with Crippen molar-refractivity contribution < 1.29 is 4.79 Å². The molecule has 1 aromatic heterocycles. The van der Waals surface area contributed by atoms with Crippen LogP contribution < -0.4 is 15.8 Å². The molecule has 0 unspecified atom stereocenters. The average molecular weight is 284 g/mol. The molecular weight excluding hydrogens is 268 g/mol. The number of amides is 1. The van der Waals surface area contributed by atoms with Crippen LogP contribution in [0.3, 0.4) is 0 Å². The van der Waals surface area contributed by atoms with Crippen LogP contribution in [0.2, 0.25) is 0 Å². The summed E-state index contributed by atoms with van der Waals surface area (Å²) < 4.78 is 0. The van der Waals surface area contributed by atoms with Crippen LogP contribution in [0.15, 0.2) is 29.2 Å². The molecule has 0 aliphatic carbocycles. The topological polar surface area (TPSA) is 78.1 Å². The monoisotopic (exact) mass is 284 g/mol. The van der Waals surface area contributed by atoms with E-state index in [2.05, 4.69) is 20.4 Å². The SMILES string of the molecule is CC(=O)Nc1cccc2c1CN(c1cn[nH]c(=O)c1C)C2. The van der Waals surface area contributed by atoms with Gasteiger partial charge < -0.3 is 10.2 Å². The van der Waals surface area contributed by atoms with E-state index in [9.17, 15) is 9.59 Å². The minimum Gasteiger partial charge on any atom is -0.361 e. The molecule has 21 heavy (non-hydrogen) atoms. The summed E-state index contributed by atoms with van der Waals surface area (Å²) in [6.07, 6.45) is 1.67. The van der Waals surface area contributed by atoms with Crippen LogP contribution in [0, 0.1) is 6.92 Å². The summed E-state index contributed by atoms with van der Waals surface area (Å²) in [5, 5.41) is 9.16. The number of fused-ring (bicyclic) bond motifs is 1. The lowest BCUT2D eigenvalue weighted by Gasteiger charge is -2.18. The third-order valence-corrected chi connectivity index (χ3v) is 3.71. The molecule has 0 saturated carbocycles. The second-order valence-electron chi connectivity index (χ2n) is 5.19. The largest absolute Gasteiger partial charge is 0.361 e. The van der Waals surface area contributed by atoms with Crippen molar-refractivity contribution in [2.75, 3.05) is 10.2 Å². The van der Waals surface area contributed by atoms with Gasteiger partial charge in [0, 0.05) is 31.3 Å². The molecule has 0 radical (unpaired) electrons. The van der Waals surface area contributed by atoms with Gasteiger partial charge in [0.1, 0.15) is 0 Å². The minimum absolute atomic E-state index is 0.0872. The Morgan fingerprint density at radius 2 is 2.19 bits per heavy atom. The second-order valence-corrected chi connectivity index (χ2v) is 5.19. The summed E-state index contributed by atoms with van der Waals surface area (Å²) in [7, 11) is 0. The van der Waals surface area contributed by atoms with Gasteiger partial charge in [-0.2, -0.15) is 5.10 Å². The molecule has 2 N–H and O–H groups in total. The van der Waals surface area contributed by atoms with Gasteiger partial charge in [-0.25, -0.2) is 5.10 Å². The summed E-state index contributed by atoms with van der Waals surface area (Å²) in [5.41, 5.74) is 4.37. The number of H-pyrrole nitrogens is 1. The molecule has 0 atom stereocenters. The van der Waals surface area contributed by atoms with Gasteiger partial charge >= 0.3 is 0 Å². The first-order valence-electron chi connectivity index (χ1n) is 6.74. The number of carbonyl (C=O) groups is 1. The summed E-state index contributed by atoms with van der Waals surface area (Å²) in [5.74, 6) is -0.0872. The van der Waals surface area contributed by atoms with Crippen molar-refractivity contribution >= 4 is 17.3 Å². The third kappa shape index (κ3) is 2.40. The van der Waals surface area contributed by atoms with Gasteiger partial charge in [0.15, 0.2) is 0 Å². The first-order chi connectivity index (χ1) is 10.1. The fourth-order valence-electron chi connectivity index (χ4n) is 2.67. The maximum Gasteiger partial charge on any atom is 0.269 e. The van der Waals surface area contributed by atoms with E-state index >= 15 is 0 Å². The Balaban J connectivity index is 1.96. The molecule has 1 amide bonds. The zero-order valence-corrected chi connectivity index (χ0v) is 11.9. The van der Waals surface area contributed by atoms with Crippen LogP contribution in [-0.2, 0) is 17.9 Å². The Labute approximate surface area is 121 Å². The number of aromatic amines is 1. The molecular formula is C15H16N4O2. The lowest BCUT2D eigenvalue weighted by atomic mass is 10.1. The number of benzene rings is 1. The number of nitrogens with one attached hydrogen (secondary N) is 2. The number of hydrogen-bond acceptors (Lipinski definition) is 4. The zero-order valence-electron chi connectivity index (χ0n) is 11.9. The quantitative estimate of drug-likeness (QED) is 0.877. The van der Waals surface area contributed by atoms with Gasteiger partial charge in [-0.1, -0.05) is 12.1 Å². The molecule has 0 fully saturated rings. The van der Waals surface area contributed by atoms with Crippen molar-refractivity contribution in [1.29, 1.82) is 0 Å². The van der Waals surface area contributed by atoms with E-state index in [1.165, 1.54) is 6.92 Å². The summed E-state index contributed by atoms with van der Waals surface area (Å²) in [6.45, 7) is 4.64. The molecule has 3 rings (SSSR count). The van der Waals surface area contributed by atoms with Crippen molar-refractivity contribution in [2.45, 2.75) is 26.9 Å². The Bertz CT molecular complexity index is 767. The molecule has 0 saturated heterocycles. The van der Waals surface area contributed by atoms with Gasteiger partial charge in [-0.3, -0.25) is 9.59 Å². The van der Waals surface area contributed by atoms with Crippen molar-refractivity contribution in [3.8, 4) is 0 Å². The van der Waals surface area contributed by atoms with E-state index < -0.39 is 0 Å². The van der Waals surface area contributed by atoms with Crippen LogP contribution >= 0.6 is 0 Å². The molecule has 1 aliphatic heterocycles. The van der Waals surface area contributed by atoms with Crippen LogP contribution in [0.5, 0.6) is 0 Å². The van der Waals surface area contributed by atoms with E-state index in [-0.39, 0.29) is 11.5 Å². The number of carbonyl (C=O) groups excluding carboxylic acids is 1. The second kappa shape index (κ2) is 5.05.